The van der Waals surface area contributed by atoms with Gasteiger partial charge in [-0.25, -0.2) is 4.99 Å². The lowest BCUT2D eigenvalue weighted by Gasteiger charge is -2.38. The van der Waals surface area contributed by atoms with E-state index >= 15 is 0 Å². The highest BCUT2D eigenvalue weighted by atomic mass is 127. The standard InChI is InChI=1S/C19H29N3O2S.HI/c1-15(2)13-21-18(20-8-5-17-4-3-9-23-17)22-16-6-10-24-19(12-16)7-11-25-14-19;/h3-4,9,16H,1,5-8,10-14H2,2H3,(H2,20,21,22);1H. The van der Waals surface area contributed by atoms with Crippen molar-refractivity contribution in [2.75, 3.05) is 31.2 Å². The molecule has 0 saturated carbocycles. The number of nitrogens with zero attached hydrogens (tertiary/aromatic N) is 1. The van der Waals surface area contributed by atoms with Gasteiger partial charge in [0.1, 0.15) is 5.76 Å². The fourth-order valence-corrected chi connectivity index (χ4v) is 4.71. The average Bonchev–Trinajstić information content (AvgIpc) is 3.25. The summed E-state index contributed by atoms with van der Waals surface area (Å²) in [7, 11) is 0. The Hall–Kier alpha value is -0.670. The van der Waals surface area contributed by atoms with Crippen LogP contribution in [-0.4, -0.2) is 48.8 Å². The highest BCUT2D eigenvalue weighted by Gasteiger charge is 2.40. The lowest BCUT2D eigenvalue weighted by Crippen LogP contribution is -2.51. The summed E-state index contributed by atoms with van der Waals surface area (Å²) in [6.45, 7) is 8.22. The first-order chi connectivity index (χ1) is 12.2. The molecule has 2 saturated heterocycles. The molecular weight excluding hydrogens is 461 g/mol. The van der Waals surface area contributed by atoms with Gasteiger partial charge in [0.15, 0.2) is 5.96 Å². The Morgan fingerprint density at radius 2 is 2.38 bits per heavy atom. The van der Waals surface area contributed by atoms with Crippen molar-refractivity contribution in [3.63, 3.8) is 0 Å². The Morgan fingerprint density at radius 1 is 1.50 bits per heavy atom. The first kappa shape index (κ1) is 21.6. The van der Waals surface area contributed by atoms with Crippen LogP contribution in [0.3, 0.4) is 0 Å². The molecule has 2 atom stereocenters. The van der Waals surface area contributed by atoms with Crippen LogP contribution in [0, 0.1) is 0 Å². The molecule has 1 aromatic heterocycles. The van der Waals surface area contributed by atoms with Gasteiger partial charge in [0.05, 0.1) is 18.4 Å². The minimum atomic E-state index is 0. The second kappa shape index (κ2) is 10.6. The zero-order valence-electron chi connectivity index (χ0n) is 15.5. The summed E-state index contributed by atoms with van der Waals surface area (Å²) in [5, 5.41) is 7.05. The summed E-state index contributed by atoms with van der Waals surface area (Å²) in [6, 6.07) is 4.33. The van der Waals surface area contributed by atoms with Crippen molar-refractivity contribution >= 4 is 41.7 Å². The summed E-state index contributed by atoms with van der Waals surface area (Å²) in [6.07, 6.45) is 5.81. The van der Waals surface area contributed by atoms with Gasteiger partial charge in [-0.3, -0.25) is 0 Å². The molecular formula is C19H30IN3O2S. The van der Waals surface area contributed by atoms with E-state index in [1.165, 1.54) is 12.2 Å². The number of aliphatic imine (C=N–C) groups is 1. The zero-order chi connectivity index (χ0) is 17.5. The largest absolute Gasteiger partial charge is 0.469 e. The molecule has 146 valence electrons. The minimum Gasteiger partial charge on any atom is -0.469 e. The molecule has 3 rings (SSSR count). The fourth-order valence-electron chi connectivity index (χ4n) is 3.33. The van der Waals surface area contributed by atoms with Gasteiger partial charge in [-0.1, -0.05) is 12.2 Å². The van der Waals surface area contributed by atoms with Gasteiger partial charge >= 0.3 is 0 Å². The molecule has 2 fully saturated rings. The maximum absolute atomic E-state index is 6.12. The number of halogens is 1. The molecule has 2 unspecified atom stereocenters. The summed E-state index contributed by atoms with van der Waals surface area (Å²) in [4.78, 5) is 4.67. The van der Waals surface area contributed by atoms with Crippen LogP contribution >= 0.6 is 35.7 Å². The second-order valence-electron chi connectivity index (χ2n) is 7.05. The molecule has 0 aliphatic carbocycles. The zero-order valence-corrected chi connectivity index (χ0v) is 18.6. The van der Waals surface area contributed by atoms with Gasteiger partial charge in [0.25, 0.3) is 0 Å². The summed E-state index contributed by atoms with van der Waals surface area (Å²) in [5.41, 5.74) is 1.14. The van der Waals surface area contributed by atoms with Crippen molar-refractivity contribution in [1.29, 1.82) is 0 Å². The molecule has 2 aliphatic rings. The first-order valence-corrected chi connectivity index (χ1v) is 10.2. The Labute approximate surface area is 177 Å². The van der Waals surface area contributed by atoms with Crippen molar-refractivity contribution in [3.8, 4) is 0 Å². The number of furan rings is 1. The number of thioether (sulfide) groups is 1. The predicted molar refractivity (Wildman–Crippen MR) is 120 cm³/mol. The van der Waals surface area contributed by atoms with Crippen molar-refractivity contribution in [2.45, 2.75) is 44.2 Å². The van der Waals surface area contributed by atoms with Crippen molar-refractivity contribution in [3.05, 3.63) is 36.3 Å². The average molecular weight is 491 g/mol. The smallest absolute Gasteiger partial charge is 0.191 e. The van der Waals surface area contributed by atoms with Gasteiger partial charge in [-0.15, -0.1) is 24.0 Å². The van der Waals surface area contributed by atoms with Crippen LogP contribution in [0.4, 0.5) is 0 Å². The molecule has 1 spiro atoms. The number of rotatable bonds is 6. The fraction of sp³-hybridized carbons (Fsp3) is 0.632. The van der Waals surface area contributed by atoms with Gasteiger partial charge in [0.2, 0.25) is 0 Å². The van der Waals surface area contributed by atoms with Gasteiger partial charge in [0, 0.05) is 31.4 Å². The first-order valence-electron chi connectivity index (χ1n) is 9.09. The van der Waals surface area contributed by atoms with Crippen LogP contribution in [0.5, 0.6) is 0 Å². The Morgan fingerprint density at radius 3 is 3.08 bits per heavy atom. The Kier molecular flexibility index (Phi) is 8.83. The number of guanidine groups is 1. The Bertz CT molecular complexity index is 586. The van der Waals surface area contributed by atoms with Crippen LogP contribution in [0.15, 0.2) is 40.0 Å². The van der Waals surface area contributed by atoms with E-state index in [9.17, 15) is 0 Å². The lowest BCUT2D eigenvalue weighted by molar-refractivity contribution is -0.0679. The highest BCUT2D eigenvalue weighted by Crippen LogP contribution is 2.38. The van der Waals surface area contributed by atoms with E-state index in [1.807, 2.05) is 30.8 Å². The maximum atomic E-state index is 6.12. The number of hydrogen-bond donors (Lipinski definition) is 2. The third kappa shape index (κ3) is 6.49. The lowest BCUT2D eigenvalue weighted by atomic mass is 9.90. The molecule has 0 bridgehead atoms. The van der Waals surface area contributed by atoms with Crippen LogP contribution in [0.1, 0.15) is 31.9 Å². The molecule has 3 heterocycles. The van der Waals surface area contributed by atoms with E-state index in [0.29, 0.717) is 12.6 Å². The molecule has 0 radical (unpaired) electrons. The summed E-state index contributed by atoms with van der Waals surface area (Å²) >= 11 is 2.01. The van der Waals surface area contributed by atoms with E-state index in [1.54, 1.807) is 6.26 Å². The molecule has 26 heavy (non-hydrogen) atoms. The van der Waals surface area contributed by atoms with Gasteiger partial charge < -0.3 is 19.8 Å². The monoisotopic (exact) mass is 491 g/mol. The van der Waals surface area contributed by atoms with E-state index < -0.39 is 0 Å². The molecule has 2 aliphatic heterocycles. The highest BCUT2D eigenvalue weighted by molar-refractivity contribution is 14.0. The van der Waals surface area contributed by atoms with Crippen LogP contribution in [0.2, 0.25) is 0 Å². The van der Waals surface area contributed by atoms with E-state index in [-0.39, 0.29) is 29.6 Å². The third-order valence-electron chi connectivity index (χ3n) is 4.65. The number of ether oxygens (including phenoxy) is 1. The maximum Gasteiger partial charge on any atom is 0.191 e. The predicted octanol–water partition coefficient (Wildman–Crippen LogP) is 3.61. The van der Waals surface area contributed by atoms with Crippen LogP contribution in [-0.2, 0) is 11.2 Å². The number of hydrogen-bond acceptors (Lipinski definition) is 4. The summed E-state index contributed by atoms with van der Waals surface area (Å²) < 4.78 is 11.5. The Balaban J connectivity index is 0.00000243. The quantitative estimate of drug-likeness (QED) is 0.276. The topological polar surface area (TPSA) is 58.8 Å². The van der Waals surface area contributed by atoms with Crippen molar-refractivity contribution in [2.24, 2.45) is 4.99 Å². The van der Waals surface area contributed by atoms with E-state index in [2.05, 4.69) is 22.2 Å². The van der Waals surface area contributed by atoms with Crippen LogP contribution in [0.25, 0.3) is 0 Å². The molecule has 1 aromatic rings. The summed E-state index contributed by atoms with van der Waals surface area (Å²) in [5.74, 6) is 4.18. The van der Waals surface area contributed by atoms with Crippen LogP contribution < -0.4 is 10.6 Å². The SMILES string of the molecule is C=C(C)CN=C(NCCc1ccco1)NC1CCOC2(CCSC2)C1.I. The molecule has 5 nitrogen and oxygen atoms in total. The second-order valence-corrected chi connectivity index (χ2v) is 8.15. The van der Waals surface area contributed by atoms with Gasteiger partial charge in [-0.2, -0.15) is 11.8 Å². The normalized spacial score (nSPS) is 25.7. The van der Waals surface area contributed by atoms with E-state index in [0.717, 1.165) is 55.5 Å². The van der Waals surface area contributed by atoms with E-state index in [4.69, 9.17) is 9.15 Å². The van der Waals surface area contributed by atoms with Gasteiger partial charge in [-0.05, 0) is 44.1 Å². The van der Waals surface area contributed by atoms with Crippen molar-refractivity contribution in [1.82, 2.24) is 10.6 Å². The molecule has 0 amide bonds. The molecule has 7 heteroatoms. The molecule has 2 N–H and O–H groups in total. The minimum absolute atomic E-state index is 0. The molecule has 0 aromatic carbocycles. The third-order valence-corrected chi connectivity index (χ3v) is 5.87. The van der Waals surface area contributed by atoms with Crippen molar-refractivity contribution < 1.29 is 9.15 Å². The number of nitrogens with one attached hydrogen (secondary N) is 2.